The van der Waals surface area contributed by atoms with Gasteiger partial charge in [-0.15, -0.1) is 11.6 Å². The number of para-hydroxylation sites is 1. The summed E-state index contributed by atoms with van der Waals surface area (Å²) >= 11 is 6.23. The van der Waals surface area contributed by atoms with Crippen LogP contribution < -0.4 is 10.6 Å². The van der Waals surface area contributed by atoms with Crippen LogP contribution in [-0.2, 0) is 14.3 Å². The molecule has 1 atom stereocenters. The Labute approximate surface area is 243 Å². The van der Waals surface area contributed by atoms with Gasteiger partial charge in [0.25, 0.3) is 0 Å². The lowest BCUT2D eigenvalue weighted by Gasteiger charge is -2.14. The maximum Gasteiger partial charge on any atom is 0.338 e. The molecular weight excluding hydrogens is 528 g/mol. The number of rotatable bonds is 19. The van der Waals surface area contributed by atoms with Crippen molar-refractivity contribution < 1.29 is 23.9 Å². The van der Waals surface area contributed by atoms with E-state index in [9.17, 15) is 19.2 Å². The fraction of sp³-hybridized carbons (Fsp3) is 0.500. The van der Waals surface area contributed by atoms with Crippen LogP contribution >= 0.6 is 11.6 Å². The van der Waals surface area contributed by atoms with E-state index in [0.717, 1.165) is 19.3 Å². The van der Waals surface area contributed by atoms with Gasteiger partial charge >= 0.3 is 5.97 Å². The molecule has 2 rings (SSSR count). The third-order valence-electron chi connectivity index (χ3n) is 6.50. The highest BCUT2D eigenvalue weighted by Crippen LogP contribution is 2.21. The quantitative estimate of drug-likeness (QED) is 0.0587. The zero-order valence-electron chi connectivity index (χ0n) is 23.8. The number of alkyl halides is 1. The summed E-state index contributed by atoms with van der Waals surface area (Å²) in [6.45, 7) is 4.45. The zero-order valence-corrected chi connectivity index (χ0v) is 24.6. The monoisotopic (exact) mass is 570 g/mol. The molecule has 2 aromatic rings. The van der Waals surface area contributed by atoms with E-state index in [4.69, 9.17) is 16.3 Å². The van der Waals surface area contributed by atoms with Crippen molar-refractivity contribution >= 4 is 46.5 Å². The molecule has 7 nitrogen and oxygen atoms in total. The number of hydrogen-bond donors (Lipinski definition) is 2. The third-order valence-corrected chi connectivity index (χ3v) is 6.90. The van der Waals surface area contributed by atoms with E-state index in [-0.39, 0.29) is 11.5 Å². The van der Waals surface area contributed by atoms with Crippen molar-refractivity contribution in [2.45, 2.75) is 96.3 Å². The van der Waals surface area contributed by atoms with Crippen molar-refractivity contribution in [1.29, 1.82) is 0 Å². The second-order valence-electron chi connectivity index (χ2n) is 9.96. The lowest BCUT2D eigenvalue weighted by atomic mass is 10.0. The Bertz CT molecular complexity index is 1100. The first-order valence-electron chi connectivity index (χ1n) is 14.5. The number of ketones is 1. The van der Waals surface area contributed by atoms with Crippen molar-refractivity contribution in [2.75, 3.05) is 17.2 Å². The van der Waals surface area contributed by atoms with Gasteiger partial charge in [-0.25, -0.2) is 4.79 Å². The summed E-state index contributed by atoms with van der Waals surface area (Å²) in [5, 5.41) is 3.76. The van der Waals surface area contributed by atoms with E-state index < -0.39 is 23.0 Å². The van der Waals surface area contributed by atoms with Crippen LogP contribution in [0.4, 0.5) is 11.4 Å². The summed E-state index contributed by atoms with van der Waals surface area (Å²) in [7, 11) is 0. The van der Waals surface area contributed by atoms with Crippen LogP contribution in [0.2, 0.25) is 0 Å². The van der Waals surface area contributed by atoms with Gasteiger partial charge in [0.2, 0.25) is 11.8 Å². The maximum absolute atomic E-state index is 13.0. The van der Waals surface area contributed by atoms with Gasteiger partial charge in [-0.2, -0.15) is 0 Å². The van der Waals surface area contributed by atoms with Gasteiger partial charge in [0.1, 0.15) is 0 Å². The number of carbonyl (C=O) groups excluding carboxylic acids is 4. The number of esters is 1. The van der Waals surface area contributed by atoms with Crippen molar-refractivity contribution in [3.8, 4) is 0 Å². The molecule has 0 fully saturated rings. The molecule has 0 aliphatic heterocycles. The number of hydrogen-bond acceptors (Lipinski definition) is 5. The minimum Gasteiger partial charge on any atom is -0.462 e. The van der Waals surface area contributed by atoms with Crippen molar-refractivity contribution in [2.24, 2.45) is 0 Å². The Kier molecular flexibility index (Phi) is 15.7. The lowest BCUT2D eigenvalue weighted by Crippen LogP contribution is -2.31. The summed E-state index contributed by atoms with van der Waals surface area (Å²) in [6.07, 6.45) is 13.0. The van der Waals surface area contributed by atoms with Crippen LogP contribution in [0.1, 0.15) is 112 Å². The van der Waals surface area contributed by atoms with E-state index in [1.807, 2.05) is 6.92 Å². The molecule has 0 radical (unpaired) electrons. The molecule has 218 valence electrons. The van der Waals surface area contributed by atoms with E-state index in [0.29, 0.717) is 36.4 Å². The second kappa shape index (κ2) is 19.0. The first-order chi connectivity index (χ1) is 19.4. The molecule has 0 saturated carbocycles. The van der Waals surface area contributed by atoms with Gasteiger partial charge in [0.15, 0.2) is 11.2 Å². The van der Waals surface area contributed by atoms with Crippen molar-refractivity contribution in [1.82, 2.24) is 0 Å². The highest BCUT2D eigenvalue weighted by molar-refractivity contribution is 6.46. The summed E-state index contributed by atoms with van der Waals surface area (Å²) < 4.78 is 5.40. The van der Waals surface area contributed by atoms with Gasteiger partial charge in [0, 0.05) is 17.7 Å². The molecule has 2 aromatic carbocycles. The topological polar surface area (TPSA) is 102 Å². The number of anilines is 2. The van der Waals surface area contributed by atoms with Crippen LogP contribution in [0.5, 0.6) is 0 Å². The van der Waals surface area contributed by atoms with Crippen molar-refractivity contribution in [3.63, 3.8) is 0 Å². The number of ether oxygens (including phenoxy) is 1. The number of carbonyl (C=O) groups is 4. The first-order valence-corrected chi connectivity index (χ1v) is 15.0. The average molecular weight is 571 g/mol. The summed E-state index contributed by atoms with van der Waals surface area (Å²) in [4.78, 5) is 50.3. The van der Waals surface area contributed by atoms with Crippen LogP contribution in [0.25, 0.3) is 0 Å². The molecule has 2 amide bonds. The minimum atomic E-state index is -1.53. The average Bonchev–Trinajstić information content (AvgIpc) is 2.95. The number of unbranched alkanes of at least 4 members (excludes halogenated alkanes) is 9. The molecule has 0 aliphatic rings. The number of amides is 2. The lowest BCUT2D eigenvalue weighted by molar-refractivity contribution is -0.116. The molecule has 0 heterocycles. The highest BCUT2D eigenvalue weighted by Gasteiger charge is 2.27. The molecule has 0 bridgehead atoms. The Hall–Kier alpha value is -3.19. The van der Waals surface area contributed by atoms with E-state index >= 15 is 0 Å². The number of Topliss-reactive ketones (excluding diaryl/α,β-unsaturated/α-hetero) is 1. The molecule has 0 spiro atoms. The standard InChI is InChI=1S/C32H43ClN2O5/c1-3-5-6-7-8-9-10-11-12-15-22-40-32(39)24-18-16-19-25(23-24)34-31(38)29(33)30(37)26-20-13-14-21-27(26)35-28(36)17-4-2/h13-14,16,18-21,23,29H,3-12,15,17,22H2,1-2H3,(H,34,38)(H,35,36). The van der Waals surface area contributed by atoms with E-state index in [1.54, 1.807) is 36.4 Å². The van der Waals surface area contributed by atoms with Gasteiger partial charge in [-0.1, -0.05) is 89.8 Å². The normalized spacial score (nSPS) is 11.5. The highest BCUT2D eigenvalue weighted by atomic mass is 35.5. The summed E-state index contributed by atoms with van der Waals surface area (Å²) in [6, 6.07) is 12.7. The van der Waals surface area contributed by atoms with Gasteiger partial charge in [0.05, 0.1) is 17.9 Å². The second-order valence-corrected chi connectivity index (χ2v) is 10.4. The van der Waals surface area contributed by atoms with Crippen LogP contribution in [0.3, 0.4) is 0 Å². The van der Waals surface area contributed by atoms with Gasteiger partial charge in [-0.3, -0.25) is 14.4 Å². The summed E-state index contributed by atoms with van der Waals surface area (Å²) in [5.74, 6) is -2.08. The molecule has 0 saturated heterocycles. The van der Waals surface area contributed by atoms with Crippen LogP contribution in [0, 0.1) is 0 Å². The molecule has 1 unspecified atom stereocenters. The molecule has 0 aliphatic carbocycles. The smallest absolute Gasteiger partial charge is 0.338 e. The van der Waals surface area contributed by atoms with Crippen LogP contribution in [0.15, 0.2) is 48.5 Å². The SMILES string of the molecule is CCCCCCCCCCCCOC(=O)c1cccc(NC(=O)C(Cl)C(=O)c2ccccc2NC(=O)CCC)c1. The maximum atomic E-state index is 13.0. The molecule has 8 heteroatoms. The van der Waals surface area contributed by atoms with Crippen molar-refractivity contribution in [3.05, 3.63) is 59.7 Å². The number of benzene rings is 2. The summed E-state index contributed by atoms with van der Waals surface area (Å²) in [5.41, 5.74) is 1.07. The zero-order chi connectivity index (χ0) is 29.2. The predicted octanol–water partition coefficient (Wildman–Crippen LogP) is 7.93. The minimum absolute atomic E-state index is 0.145. The predicted molar refractivity (Wildman–Crippen MR) is 161 cm³/mol. The van der Waals surface area contributed by atoms with Gasteiger partial charge in [-0.05, 0) is 43.2 Å². The number of halogens is 1. The number of nitrogens with one attached hydrogen (secondary N) is 2. The van der Waals surface area contributed by atoms with E-state index in [2.05, 4.69) is 17.6 Å². The fourth-order valence-electron chi connectivity index (χ4n) is 4.27. The molecular formula is C32H43ClN2O5. The van der Waals surface area contributed by atoms with Gasteiger partial charge < -0.3 is 15.4 Å². The largest absolute Gasteiger partial charge is 0.462 e. The fourth-order valence-corrected chi connectivity index (χ4v) is 4.44. The molecule has 0 aromatic heterocycles. The van der Waals surface area contributed by atoms with Crippen LogP contribution in [-0.4, -0.2) is 35.6 Å². The molecule has 2 N–H and O–H groups in total. The molecule has 40 heavy (non-hydrogen) atoms. The Morgan fingerprint density at radius 3 is 2.10 bits per heavy atom. The third kappa shape index (κ3) is 11.9. The Morgan fingerprint density at radius 1 is 0.775 bits per heavy atom. The van der Waals surface area contributed by atoms with E-state index in [1.165, 1.54) is 57.1 Å². The Morgan fingerprint density at radius 2 is 1.43 bits per heavy atom. The first kappa shape index (κ1) is 33.0. The Balaban J connectivity index is 1.81.